The Hall–Kier alpha value is -1.35. The van der Waals surface area contributed by atoms with Gasteiger partial charge in [0.05, 0.1) is 19.3 Å². The molecule has 46 heavy (non-hydrogen) atoms. The molecule has 0 amide bonds. The summed E-state index contributed by atoms with van der Waals surface area (Å²) in [6.07, 6.45) is 26.5. The minimum Gasteiger partial charge on any atom is -0.756 e. The maximum atomic E-state index is 12.5. The van der Waals surface area contributed by atoms with Gasteiger partial charge in [0.1, 0.15) is 12.7 Å². The molecule has 0 saturated carbocycles. The molecule has 268 valence electrons. The molecule has 1 rings (SSSR count). The molecule has 0 saturated heterocycles. The largest absolute Gasteiger partial charge is 0.756 e. The van der Waals surface area contributed by atoms with Crippen molar-refractivity contribution in [2.75, 3.05) is 26.4 Å². The van der Waals surface area contributed by atoms with E-state index in [-0.39, 0.29) is 32.3 Å². The molecule has 0 radical (unpaired) electrons. The molecule has 0 bridgehead atoms. The number of phosphoric acid groups is 1. The molecule has 0 aromatic carbocycles. The van der Waals surface area contributed by atoms with E-state index in [0.717, 1.165) is 25.7 Å². The van der Waals surface area contributed by atoms with Crippen LogP contribution in [0.1, 0.15) is 149 Å². The zero-order chi connectivity index (χ0) is 33.6. The van der Waals surface area contributed by atoms with Crippen molar-refractivity contribution in [3.8, 4) is 0 Å². The molecule has 10 heteroatoms. The third kappa shape index (κ3) is 26.7. The van der Waals surface area contributed by atoms with Crippen molar-refractivity contribution in [3.63, 3.8) is 0 Å². The average Bonchev–Trinajstić information content (AvgIpc) is 3.04. The number of phosphoric ester groups is 1. The van der Waals surface area contributed by atoms with Gasteiger partial charge in [0.2, 0.25) is 0 Å². The number of hydrogen-bond donors (Lipinski definition) is 1. The van der Waals surface area contributed by atoms with Crippen LogP contribution < -0.4 is 9.46 Å². The number of pyridine rings is 1. The number of unbranched alkanes of at least 4 members (excludes halogenated alkanes) is 15. The lowest BCUT2D eigenvalue weighted by atomic mass is 10.0. The minimum atomic E-state index is -4.54. The predicted molar refractivity (Wildman–Crippen MR) is 182 cm³/mol. The van der Waals surface area contributed by atoms with E-state index in [0.29, 0.717) is 26.0 Å². The molecule has 3 unspecified atom stereocenters. The second-order valence-corrected chi connectivity index (χ2v) is 13.9. The normalized spacial score (nSPS) is 14.2. The number of ether oxygens (including phenoxy) is 2. The van der Waals surface area contributed by atoms with Gasteiger partial charge in [-0.2, -0.15) is 0 Å². The van der Waals surface area contributed by atoms with Crippen molar-refractivity contribution in [3.05, 3.63) is 30.6 Å². The third-order valence-corrected chi connectivity index (χ3v) is 9.17. The maximum Gasteiger partial charge on any atom is 0.303 e. The van der Waals surface area contributed by atoms with Crippen molar-refractivity contribution in [1.29, 1.82) is 0 Å². The van der Waals surface area contributed by atoms with Crippen molar-refractivity contribution in [2.24, 2.45) is 0 Å². The Morgan fingerprint density at radius 2 is 1.22 bits per heavy atom. The molecule has 1 heterocycles. The summed E-state index contributed by atoms with van der Waals surface area (Å²) in [4.78, 5) is 23.4. The van der Waals surface area contributed by atoms with Crippen molar-refractivity contribution < 1.29 is 42.4 Å². The maximum absolute atomic E-state index is 12.5. The second kappa shape index (κ2) is 29.8. The van der Waals surface area contributed by atoms with Crippen molar-refractivity contribution >= 4 is 13.8 Å². The zero-order valence-corrected chi connectivity index (χ0v) is 30.0. The van der Waals surface area contributed by atoms with Crippen LogP contribution in [0, 0.1) is 0 Å². The molecular formula is C36H66NO8P. The highest BCUT2D eigenvalue weighted by Crippen LogP contribution is 2.38. The van der Waals surface area contributed by atoms with Crippen LogP contribution in [0.4, 0.5) is 0 Å². The van der Waals surface area contributed by atoms with E-state index in [1.54, 1.807) is 0 Å². The standard InChI is InChI=1S/C36H66NO8P/c1-3-5-7-9-11-12-13-14-16-19-25-34(24-18-15-10-8-6-4-2)43-32-35(42-30-23-20-26-36(38)39)33-45-46(40,41)44-31-29-37-27-21-17-22-28-37/h17,21-22,27-28,34-35H,3-16,18-20,23-26,29-33H2,1-2H3,(H-,38,39,40,41). The Morgan fingerprint density at radius 3 is 1.76 bits per heavy atom. The van der Waals surface area contributed by atoms with Gasteiger partial charge in [-0.25, -0.2) is 4.57 Å². The Labute approximate surface area is 280 Å². The first kappa shape index (κ1) is 42.7. The van der Waals surface area contributed by atoms with Crippen LogP contribution >= 0.6 is 7.82 Å². The number of aromatic nitrogens is 1. The highest BCUT2D eigenvalue weighted by molar-refractivity contribution is 7.45. The van der Waals surface area contributed by atoms with Gasteiger partial charge in [-0.3, -0.25) is 9.36 Å². The minimum absolute atomic E-state index is 0.0359. The summed E-state index contributed by atoms with van der Waals surface area (Å²) in [7, 11) is -4.54. The van der Waals surface area contributed by atoms with Crippen LogP contribution in [0.25, 0.3) is 0 Å². The SMILES string of the molecule is CCCCCCCCCCCCC(CCCCCCCC)OCC(COP(=O)([O-])OCC[n+]1ccccc1)OCCCCC(=O)O. The van der Waals surface area contributed by atoms with Crippen molar-refractivity contribution in [1.82, 2.24) is 0 Å². The zero-order valence-electron chi connectivity index (χ0n) is 29.1. The molecule has 9 nitrogen and oxygen atoms in total. The monoisotopic (exact) mass is 671 g/mol. The van der Waals surface area contributed by atoms with E-state index in [1.807, 2.05) is 35.2 Å². The van der Waals surface area contributed by atoms with Gasteiger partial charge in [-0.1, -0.05) is 123 Å². The summed E-state index contributed by atoms with van der Waals surface area (Å²) in [6.45, 7) is 5.14. The van der Waals surface area contributed by atoms with Gasteiger partial charge in [0.15, 0.2) is 18.9 Å². The smallest absolute Gasteiger partial charge is 0.303 e. The predicted octanol–water partition coefficient (Wildman–Crippen LogP) is 8.56. The number of nitrogens with zero attached hydrogens (tertiary/aromatic N) is 1. The quantitative estimate of drug-likeness (QED) is 0.0440. The number of carbonyl (C=O) groups is 1. The summed E-state index contributed by atoms with van der Waals surface area (Å²) in [6, 6.07) is 5.61. The molecule has 0 fully saturated rings. The first-order chi connectivity index (χ1) is 22.4. The lowest BCUT2D eigenvalue weighted by Crippen LogP contribution is -2.35. The van der Waals surface area contributed by atoms with E-state index >= 15 is 0 Å². The van der Waals surface area contributed by atoms with Gasteiger partial charge >= 0.3 is 5.97 Å². The summed E-state index contributed by atoms with van der Waals surface area (Å²) in [5.74, 6) is -0.842. The fourth-order valence-electron chi connectivity index (χ4n) is 5.39. The number of rotatable bonds is 34. The molecular weight excluding hydrogens is 605 g/mol. The Morgan fingerprint density at radius 1 is 0.674 bits per heavy atom. The molecule has 1 aromatic rings. The summed E-state index contributed by atoms with van der Waals surface area (Å²) in [5, 5.41) is 8.92. The third-order valence-electron chi connectivity index (χ3n) is 8.21. The first-order valence-electron chi connectivity index (χ1n) is 18.4. The molecule has 0 aliphatic rings. The van der Waals surface area contributed by atoms with Crippen LogP contribution in [-0.2, 0) is 34.4 Å². The van der Waals surface area contributed by atoms with E-state index in [9.17, 15) is 14.3 Å². The lowest BCUT2D eigenvalue weighted by molar-refractivity contribution is -0.697. The Kier molecular flexibility index (Phi) is 27.6. The van der Waals surface area contributed by atoms with E-state index in [1.165, 1.54) is 89.9 Å². The van der Waals surface area contributed by atoms with Gasteiger partial charge in [0, 0.05) is 25.2 Å². The lowest BCUT2D eigenvalue weighted by Gasteiger charge is -2.27. The van der Waals surface area contributed by atoms with Gasteiger partial charge < -0.3 is 28.5 Å². The highest BCUT2D eigenvalue weighted by atomic mass is 31.2. The Balaban J connectivity index is 2.59. The van der Waals surface area contributed by atoms with Crippen LogP contribution in [0.5, 0.6) is 0 Å². The molecule has 3 atom stereocenters. The molecule has 0 aliphatic carbocycles. The van der Waals surface area contributed by atoms with Crippen LogP contribution in [0.3, 0.4) is 0 Å². The Bertz CT molecular complexity index is 875. The number of hydrogen-bond acceptors (Lipinski definition) is 7. The van der Waals surface area contributed by atoms with E-state index < -0.39 is 19.9 Å². The fourth-order valence-corrected chi connectivity index (χ4v) is 6.12. The van der Waals surface area contributed by atoms with Gasteiger partial charge in [0.25, 0.3) is 7.82 Å². The molecule has 1 aromatic heterocycles. The summed E-state index contributed by atoms with van der Waals surface area (Å²) < 4.78 is 37.0. The fraction of sp³-hybridized carbons (Fsp3) is 0.833. The molecule has 0 aliphatic heterocycles. The number of carboxylic acid groups (broad SMARTS) is 1. The van der Waals surface area contributed by atoms with E-state index in [4.69, 9.17) is 23.6 Å². The molecule has 0 spiro atoms. The van der Waals surface area contributed by atoms with Gasteiger partial charge in [-0.05, 0) is 25.7 Å². The van der Waals surface area contributed by atoms with Crippen LogP contribution in [-0.4, -0.2) is 49.7 Å². The number of aliphatic carboxylic acids is 1. The second-order valence-electron chi connectivity index (χ2n) is 12.5. The van der Waals surface area contributed by atoms with E-state index in [2.05, 4.69) is 13.8 Å². The first-order valence-corrected chi connectivity index (χ1v) is 19.8. The number of carboxylic acids is 1. The topological polar surface area (TPSA) is 118 Å². The van der Waals surface area contributed by atoms with Crippen molar-refractivity contribution in [2.45, 2.75) is 167 Å². The molecule has 1 N–H and O–H groups in total. The summed E-state index contributed by atoms with van der Waals surface area (Å²) in [5.41, 5.74) is 0. The van der Waals surface area contributed by atoms with Crippen LogP contribution in [0.2, 0.25) is 0 Å². The van der Waals surface area contributed by atoms with Crippen LogP contribution in [0.15, 0.2) is 30.6 Å². The summed E-state index contributed by atoms with van der Waals surface area (Å²) >= 11 is 0. The van der Waals surface area contributed by atoms with Gasteiger partial charge in [-0.15, -0.1) is 0 Å². The average molecular weight is 672 g/mol. The highest BCUT2D eigenvalue weighted by Gasteiger charge is 2.19.